The van der Waals surface area contributed by atoms with Crippen molar-refractivity contribution in [2.45, 2.75) is 6.54 Å². The third-order valence-electron chi connectivity index (χ3n) is 5.63. The first-order valence-electron chi connectivity index (χ1n) is 9.76. The third kappa shape index (κ3) is 2.80. The highest BCUT2D eigenvalue weighted by Gasteiger charge is 2.29. The minimum Gasteiger partial charge on any atom is -0.355 e. The van der Waals surface area contributed by atoms with Crippen molar-refractivity contribution < 1.29 is 4.79 Å². The Balaban J connectivity index is 1.57. The fourth-order valence-electron chi connectivity index (χ4n) is 3.87. The first-order chi connectivity index (χ1) is 14.9. The molecule has 4 aromatic rings. The Bertz CT molecular complexity index is 1480. The number of fused-ring (bicyclic) bond motifs is 3. The molecule has 1 aromatic carbocycles. The monoisotopic (exact) mass is 420 g/mol. The van der Waals surface area contributed by atoms with Gasteiger partial charge in [0.2, 0.25) is 5.91 Å². The van der Waals surface area contributed by atoms with E-state index in [-0.39, 0.29) is 23.6 Å². The smallest absolute Gasteiger partial charge is 0.332 e. The van der Waals surface area contributed by atoms with Gasteiger partial charge in [-0.25, -0.2) is 19.7 Å². The summed E-state index contributed by atoms with van der Waals surface area (Å²) in [5.41, 5.74) is 0.943. The molecule has 0 saturated heterocycles. The molecule has 0 fully saturated rings. The van der Waals surface area contributed by atoms with Crippen LogP contribution in [0.1, 0.15) is 0 Å². The van der Waals surface area contributed by atoms with Gasteiger partial charge in [-0.05, 0) is 12.1 Å². The molecule has 0 spiro atoms. The summed E-state index contributed by atoms with van der Waals surface area (Å²) < 4.78 is 3.78. The Morgan fingerprint density at radius 3 is 2.35 bits per heavy atom. The van der Waals surface area contributed by atoms with Gasteiger partial charge in [-0.2, -0.15) is 0 Å². The molecule has 5 rings (SSSR count). The minimum absolute atomic E-state index is 0.110. The summed E-state index contributed by atoms with van der Waals surface area (Å²) >= 11 is 0. The highest BCUT2D eigenvalue weighted by atomic mass is 16.2. The van der Waals surface area contributed by atoms with E-state index >= 15 is 0 Å². The van der Waals surface area contributed by atoms with Crippen molar-refractivity contribution in [2.24, 2.45) is 14.1 Å². The Labute approximate surface area is 175 Å². The summed E-state index contributed by atoms with van der Waals surface area (Å²) in [7, 11) is 4.86. The molecule has 11 heteroatoms. The number of aromatic nitrogens is 6. The summed E-state index contributed by atoms with van der Waals surface area (Å²) in [5, 5.41) is 0. The summed E-state index contributed by atoms with van der Waals surface area (Å²) in [4.78, 5) is 55.2. The molecule has 0 saturated carbocycles. The van der Waals surface area contributed by atoms with E-state index in [4.69, 9.17) is 0 Å². The summed E-state index contributed by atoms with van der Waals surface area (Å²) in [6, 6.07) is 7.51. The standard InChI is InChI=1S/C20H20N8O3/c1-24-8-9-28(18-17(24)22-12-6-4-5-7-13(12)23-18)14(29)10-27-11-21-16-15(27)19(30)26(3)20(31)25(16)2/h4-7,11H,8-10H2,1-3H3. The molecular weight excluding hydrogens is 400 g/mol. The molecule has 1 aliphatic rings. The van der Waals surface area contributed by atoms with E-state index in [1.54, 1.807) is 11.9 Å². The lowest BCUT2D eigenvalue weighted by molar-refractivity contribution is -0.119. The van der Waals surface area contributed by atoms with Crippen LogP contribution in [0, 0.1) is 0 Å². The quantitative estimate of drug-likeness (QED) is 0.444. The van der Waals surface area contributed by atoms with E-state index in [0.717, 1.165) is 10.1 Å². The normalized spacial score (nSPS) is 13.8. The molecule has 0 aliphatic carbocycles. The predicted octanol–water partition coefficient (Wildman–Crippen LogP) is -0.140. The maximum atomic E-state index is 13.3. The number of imidazole rings is 1. The molecular formula is C20H20N8O3. The SMILES string of the molecule is CN1CCN(C(=O)Cn2cnc3c2c(=O)n(C)c(=O)n3C)c2nc3ccccc3nc21. The second-order valence-corrected chi connectivity index (χ2v) is 7.58. The molecule has 0 N–H and O–H groups in total. The molecule has 0 radical (unpaired) electrons. The lowest BCUT2D eigenvalue weighted by Crippen LogP contribution is -2.45. The maximum absolute atomic E-state index is 13.3. The van der Waals surface area contributed by atoms with Crippen LogP contribution in [0.3, 0.4) is 0 Å². The van der Waals surface area contributed by atoms with Gasteiger partial charge in [-0.15, -0.1) is 0 Å². The molecule has 11 nitrogen and oxygen atoms in total. The van der Waals surface area contributed by atoms with Gasteiger partial charge in [-0.1, -0.05) is 12.1 Å². The van der Waals surface area contributed by atoms with Crippen molar-refractivity contribution in [1.82, 2.24) is 28.7 Å². The number of carbonyl (C=O) groups excluding carboxylic acids is 1. The molecule has 31 heavy (non-hydrogen) atoms. The lowest BCUT2D eigenvalue weighted by Gasteiger charge is -2.33. The zero-order valence-corrected chi connectivity index (χ0v) is 17.3. The molecule has 0 unspecified atom stereocenters. The molecule has 3 aromatic heterocycles. The third-order valence-corrected chi connectivity index (χ3v) is 5.63. The van der Waals surface area contributed by atoms with Crippen LogP contribution in [-0.4, -0.2) is 54.7 Å². The molecule has 4 heterocycles. The van der Waals surface area contributed by atoms with Gasteiger partial charge >= 0.3 is 5.69 Å². The molecule has 0 atom stereocenters. The molecule has 158 valence electrons. The van der Waals surface area contributed by atoms with E-state index in [2.05, 4.69) is 15.0 Å². The average molecular weight is 420 g/mol. The van der Waals surface area contributed by atoms with E-state index < -0.39 is 11.2 Å². The number of anilines is 2. The second-order valence-electron chi connectivity index (χ2n) is 7.58. The zero-order chi connectivity index (χ0) is 21.9. The highest BCUT2D eigenvalue weighted by molar-refractivity contribution is 5.97. The van der Waals surface area contributed by atoms with Gasteiger partial charge in [0.05, 0.1) is 17.4 Å². The number of rotatable bonds is 2. The van der Waals surface area contributed by atoms with Crippen LogP contribution < -0.4 is 21.0 Å². The highest BCUT2D eigenvalue weighted by Crippen LogP contribution is 2.30. The zero-order valence-electron chi connectivity index (χ0n) is 17.3. The number of hydrogen-bond donors (Lipinski definition) is 0. The lowest BCUT2D eigenvalue weighted by atomic mass is 10.2. The number of hydrogen-bond acceptors (Lipinski definition) is 7. The average Bonchev–Trinajstić information content (AvgIpc) is 3.19. The van der Waals surface area contributed by atoms with Crippen LogP contribution in [0.4, 0.5) is 11.6 Å². The van der Waals surface area contributed by atoms with E-state index in [0.29, 0.717) is 30.2 Å². The number of benzene rings is 1. The molecule has 0 bridgehead atoms. The topological polar surface area (TPSA) is 111 Å². The Morgan fingerprint density at radius 2 is 1.65 bits per heavy atom. The van der Waals surface area contributed by atoms with Crippen LogP contribution in [0.15, 0.2) is 40.2 Å². The van der Waals surface area contributed by atoms with Crippen molar-refractivity contribution in [3.05, 3.63) is 51.4 Å². The van der Waals surface area contributed by atoms with Crippen molar-refractivity contribution >= 4 is 39.7 Å². The first kappa shape index (κ1) is 19.0. The van der Waals surface area contributed by atoms with Crippen LogP contribution in [0.25, 0.3) is 22.2 Å². The number of carbonyl (C=O) groups is 1. The number of amides is 1. The summed E-state index contributed by atoms with van der Waals surface area (Å²) in [6.07, 6.45) is 1.41. The van der Waals surface area contributed by atoms with Crippen LogP contribution in [0.5, 0.6) is 0 Å². The van der Waals surface area contributed by atoms with E-state index in [1.165, 1.54) is 22.5 Å². The number of para-hydroxylation sites is 2. The fraction of sp³-hybridized carbons (Fsp3) is 0.300. The number of aryl methyl sites for hydroxylation is 1. The van der Waals surface area contributed by atoms with Crippen LogP contribution in [0.2, 0.25) is 0 Å². The summed E-state index contributed by atoms with van der Waals surface area (Å²) in [5.74, 6) is 0.878. The van der Waals surface area contributed by atoms with Crippen molar-refractivity contribution in [3.63, 3.8) is 0 Å². The van der Waals surface area contributed by atoms with Crippen molar-refractivity contribution in [1.29, 1.82) is 0 Å². The van der Waals surface area contributed by atoms with Crippen LogP contribution >= 0.6 is 0 Å². The number of nitrogens with zero attached hydrogens (tertiary/aromatic N) is 8. The fourth-order valence-corrected chi connectivity index (χ4v) is 3.87. The first-order valence-corrected chi connectivity index (χ1v) is 9.76. The summed E-state index contributed by atoms with van der Waals surface area (Å²) in [6.45, 7) is 0.937. The van der Waals surface area contributed by atoms with Crippen LogP contribution in [-0.2, 0) is 25.4 Å². The predicted molar refractivity (Wildman–Crippen MR) is 115 cm³/mol. The Morgan fingerprint density at radius 1 is 0.968 bits per heavy atom. The minimum atomic E-state index is -0.493. The van der Waals surface area contributed by atoms with Gasteiger partial charge in [0.15, 0.2) is 22.8 Å². The van der Waals surface area contributed by atoms with Gasteiger partial charge < -0.3 is 9.47 Å². The van der Waals surface area contributed by atoms with Gasteiger partial charge in [0.25, 0.3) is 5.56 Å². The van der Waals surface area contributed by atoms with Gasteiger partial charge in [0.1, 0.15) is 6.54 Å². The van der Waals surface area contributed by atoms with E-state index in [9.17, 15) is 14.4 Å². The van der Waals surface area contributed by atoms with Gasteiger partial charge in [0, 0.05) is 34.2 Å². The van der Waals surface area contributed by atoms with Crippen molar-refractivity contribution in [2.75, 3.05) is 29.9 Å². The van der Waals surface area contributed by atoms with E-state index in [1.807, 2.05) is 36.2 Å². The number of likely N-dealkylation sites (N-methyl/N-ethyl adjacent to an activating group) is 1. The molecule has 1 amide bonds. The molecule has 1 aliphatic heterocycles. The largest absolute Gasteiger partial charge is 0.355 e. The Hall–Kier alpha value is -4.02. The second kappa shape index (κ2) is 6.76. The van der Waals surface area contributed by atoms with Gasteiger partial charge in [-0.3, -0.25) is 23.6 Å². The maximum Gasteiger partial charge on any atom is 0.332 e. The van der Waals surface area contributed by atoms with Crippen molar-refractivity contribution in [3.8, 4) is 0 Å². The Kier molecular flexibility index (Phi) is 4.14.